The molecule has 0 aromatic heterocycles. The number of hydrogen-bond donors (Lipinski definition) is 1. The summed E-state index contributed by atoms with van der Waals surface area (Å²) in [4.78, 5) is 41.9. The third kappa shape index (κ3) is 3.75. The molecular formula is C28H27N3O3. The number of rotatable bonds is 4. The number of carbonyl (C=O) groups excluding carboxylic acids is 3. The summed E-state index contributed by atoms with van der Waals surface area (Å²) >= 11 is 0. The van der Waals surface area contributed by atoms with Crippen LogP contribution in [0.1, 0.15) is 56.8 Å². The summed E-state index contributed by atoms with van der Waals surface area (Å²) in [6, 6.07) is 21.0. The molecule has 0 saturated carbocycles. The molecule has 0 radical (unpaired) electrons. The van der Waals surface area contributed by atoms with Crippen LogP contribution in [0.4, 0.5) is 11.4 Å². The Morgan fingerprint density at radius 2 is 1.53 bits per heavy atom. The molecule has 1 N–H and O–H groups in total. The second-order valence-electron chi connectivity index (χ2n) is 9.22. The van der Waals surface area contributed by atoms with Crippen molar-refractivity contribution in [1.82, 2.24) is 4.90 Å². The standard InChI is InChI=1S/C28H27N3O3/c1-17-8-11-20(12-9-17)29-24-15-19(3)31(25-13-10-18(2)14-23(24)25)26(32)16-30-27(33)21-6-4-5-7-22(21)28(30)34/h4-14,19,24,29H,15-16H2,1-3H3. The second kappa shape index (κ2) is 8.45. The molecule has 0 spiro atoms. The van der Waals surface area contributed by atoms with Crippen LogP contribution in [-0.2, 0) is 4.79 Å². The molecule has 172 valence electrons. The van der Waals surface area contributed by atoms with Gasteiger partial charge >= 0.3 is 0 Å². The van der Waals surface area contributed by atoms with Gasteiger partial charge in [-0.05, 0) is 63.1 Å². The van der Waals surface area contributed by atoms with Gasteiger partial charge in [-0.25, -0.2) is 0 Å². The van der Waals surface area contributed by atoms with Crippen LogP contribution < -0.4 is 10.2 Å². The molecule has 2 atom stereocenters. The fourth-order valence-corrected chi connectivity index (χ4v) is 4.95. The van der Waals surface area contributed by atoms with Crippen molar-refractivity contribution in [3.05, 3.63) is 94.5 Å². The molecule has 0 fully saturated rings. The third-order valence-electron chi connectivity index (χ3n) is 6.67. The van der Waals surface area contributed by atoms with Gasteiger partial charge in [-0.2, -0.15) is 0 Å². The van der Waals surface area contributed by atoms with E-state index in [-0.39, 0.29) is 24.5 Å². The zero-order chi connectivity index (χ0) is 24.0. The van der Waals surface area contributed by atoms with Crippen molar-refractivity contribution in [3.63, 3.8) is 0 Å². The number of nitrogens with zero attached hydrogens (tertiary/aromatic N) is 2. The van der Waals surface area contributed by atoms with Crippen molar-refractivity contribution in [3.8, 4) is 0 Å². The second-order valence-corrected chi connectivity index (χ2v) is 9.22. The summed E-state index contributed by atoms with van der Waals surface area (Å²) in [5.74, 6) is -1.09. The summed E-state index contributed by atoms with van der Waals surface area (Å²) in [6.07, 6.45) is 0.707. The normalized spacial score (nSPS) is 19.1. The van der Waals surface area contributed by atoms with Gasteiger partial charge in [0.1, 0.15) is 6.54 Å². The number of aryl methyl sites for hydroxylation is 2. The molecule has 5 rings (SSSR count). The number of carbonyl (C=O) groups is 3. The minimum Gasteiger partial charge on any atom is -0.378 e. The highest BCUT2D eigenvalue weighted by atomic mass is 16.2. The highest BCUT2D eigenvalue weighted by Crippen LogP contribution is 2.40. The van der Waals surface area contributed by atoms with Crippen molar-refractivity contribution < 1.29 is 14.4 Å². The van der Waals surface area contributed by atoms with Crippen molar-refractivity contribution in [1.29, 1.82) is 0 Å². The van der Waals surface area contributed by atoms with Crippen LogP contribution in [0.5, 0.6) is 0 Å². The Morgan fingerprint density at radius 1 is 0.912 bits per heavy atom. The zero-order valence-electron chi connectivity index (χ0n) is 19.5. The van der Waals surface area contributed by atoms with Crippen molar-refractivity contribution in [2.75, 3.05) is 16.8 Å². The van der Waals surface area contributed by atoms with E-state index in [1.165, 1.54) is 5.56 Å². The van der Waals surface area contributed by atoms with Crippen molar-refractivity contribution >= 4 is 29.1 Å². The van der Waals surface area contributed by atoms with E-state index in [1.54, 1.807) is 29.2 Å². The highest BCUT2D eigenvalue weighted by molar-refractivity contribution is 6.22. The summed E-state index contributed by atoms with van der Waals surface area (Å²) < 4.78 is 0. The van der Waals surface area contributed by atoms with Crippen LogP contribution in [0.3, 0.4) is 0 Å². The molecule has 6 nitrogen and oxygen atoms in total. The molecule has 0 saturated heterocycles. The quantitative estimate of drug-likeness (QED) is 0.572. The Hall–Kier alpha value is -3.93. The van der Waals surface area contributed by atoms with Gasteiger partial charge in [0.25, 0.3) is 11.8 Å². The average molecular weight is 454 g/mol. The fourth-order valence-electron chi connectivity index (χ4n) is 4.95. The zero-order valence-corrected chi connectivity index (χ0v) is 19.5. The van der Waals surface area contributed by atoms with Gasteiger partial charge in [-0.3, -0.25) is 19.3 Å². The average Bonchev–Trinajstić information content (AvgIpc) is 3.06. The predicted molar refractivity (Wildman–Crippen MR) is 132 cm³/mol. The van der Waals surface area contributed by atoms with Gasteiger partial charge in [0, 0.05) is 17.4 Å². The number of nitrogens with one attached hydrogen (secondary N) is 1. The molecule has 2 aliphatic heterocycles. The SMILES string of the molecule is Cc1ccc(NC2CC(C)N(C(=O)CN3C(=O)c4ccccc4C3=O)c3ccc(C)cc32)cc1. The largest absolute Gasteiger partial charge is 0.378 e. The fraction of sp³-hybridized carbons (Fsp3) is 0.250. The highest BCUT2D eigenvalue weighted by Gasteiger charge is 2.40. The number of imide groups is 1. The van der Waals surface area contributed by atoms with E-state index in [2.05, 4.69) is 42.6 Å². The lowest BCUT2D eigenvalue weighted by atomic mass is 9.90. The summed E-state index contributed by atoms with van der Waals surface area (Å²) in [5, 5.41) is 3.62. The van der Waals surface area contributed by atoms with E-state index in [0.29, 0.717) is 17.5 Å². The number of amides is 3. The number of benzene rings is 3. The summed E-state index contributed by atoms with van der Waals surface area (Å²) in [6.45, 7) is 5.82. The van der Waals surface area contributed by atoms with E-state index in [4.69, 9.17) is 0 Å². The minimum absolute atomic E-state index is 0.0379. The minimum atomic E-state index is -0.415. The van der Waals surface area contributed by atoms with Crippen molar-refractivity contribution in [2.24, 2.45) is 0 Å². The molecule has 2 heterocycles. The lowest BCUT2D eigenvalue weighted by Gasteiger charge is -2.40. The molecule has 2 aliphatic rings. The molecule has 3 amide bonds. The maximum absolute atomic E-state index is 13.5. The Bertz CT molecular complexity index is 1260. The Balaban J connectivity index is 1.43. The van der Waals surface area contributed by atoms with Gasteiger partial charge in [-0.1, -0.05) is 47.5 Å². The predicted octanol–water partition coefficient (Wildman–Crippen LogP) is 4.88. The molecule has 3 aromatic carbocycles. The molecule has 0 aliphatic carbocycles. The Kier molecular flexibility index (Phi) is 5.44. The first-order chi connectivity index (χ1) is 16.3. The Labute approximate surface area is 199 Å². The van der Waals surface area contributed by atoms with E-state index in [9.17, 15) is 14.4 Å². The van der Waals surface area contributed by atoms with Crippen LogP contribution >= 0.6 is 0 Å². The lowest BCUT2D eigenvalue weighted by Crippen LogP contribution is -2.49. The number of anilines is 2. The van der Waals surface area contributed by atoms with E-state index in [0.717, 1.165) is 27.4 Å². The van der Waals surface area contributed by atoms with E-state index >= 15 is 0 Å². The van der Waals surface area contributed by atoms with Crippen LogP contribution in [0.25, 0.3) is 0 Å². The molecule has 34 heavy (non-hydrogen) atoms. The summed E-state index contributed by atoms with van der Waals surface area (Å²) in [7, 11) is 0. The van der Waals surface area contributed by atoms with E-state index < -0.39 is 11.8 Å². The number of hydrogen-bond acceptors (Lipinski definition) is 4. The van der Waals surface area contributed by atoms with Crippen LogP contribution in [0, 0.1) is 13.8 Å². The maximum atomic E-state index is 13.5. The molecule has 2 unspecified atom stereocenters. The van der Waals surface area contributed by atoms with E-state index in [1.807, 2.05) is 26.0 Å². The topological polar surface area (TPSA) is 69.7 Å². The van der Waals surface area contributed by atoms with Crippen LogP contribution in [0.15, 0.2) is 66.7 Å². The van der Waals surface area contributed by atoms with Gasteiger partial charge in [0.2, 0.25) is 5.91 Å². The first kappa shape index (κ1) is 21.9. The summed E-state index contributed by atoms with van der Waals surface area (Å²) in [5.41, 5.74) is 5.89. The Morgan fingerprint density at radius 3 is 2.18 bits per heavy atom. The first-order valence-corrected chi connectivity index (χ1v) is 11.5. The third-order valence-corrected chi connectivity index (χ3v) is 6.67. The van der Waals surface area contributed by atoms with Crippen LogP contribution in [-0.4, -0.2) is 35.2 Å². The van der Waals surface area contributed by atoms with Gasteiger partial charge in [-0.15, -0.1) is 0 Å². The monoisotopic (exact) mass is 453 g/mol. The van der Waals surface area contributed by atoms with Gasteiger partial charge in [0.15, 0.2) is 0 Å². The lowest BCUT2D eigenvalue weighted by molar-refractivity contribution is -0.119. The molecule has 0 bridgehead atoms. The smallest absolute Gasteiger partial charge is 0.262 e. The molecular weight excluding hydrogens is 426 g/mol. The molecule has 6 heteroatoms. The number of fused-ring (bicyclic) bond motifs is 2. The van der Waals surface area contributed by atoms with Gasteiger partial charge < -0.3 is 10.2 Å². The first-order valence-electron chi connectivity index (χ1n) is 11.5. The molecule has 3 aromatic rings. The maximum Gasteiger partial charge on any atom is 0.262 e. The van der Waals surface area contributed by atoms with Gasteiger partial charge in [0.05, 0.1) is 17.2 Å². The van der Waals surface area contributed by atoms with Crippen LogP contribution in [0.2, 0.25) is 0 Å². The van der Waals surface area contributed by atoms with Crippen molar-refractivity contribution in [2.45, 2.75) is 39.3 Å².